The molecule has 0 radical (unpaired) electrons. The van der Waals surface area contributed by atoms with E-state index < -0.39 is 18.0 Å². The molecule has 2 saturated heterocycles. The van der Waals surface area contributed by atoms with Crippen molar-refractivity contribution in [3.63, 3.8) is 0 Å². The monoisotopic (exact) mass is 498 g/mol. The Balaban J connectivity index is 1.37. The number of rotatable bonds is 23. The molecule has 0 saturated carbocycles. The van der Waals surface area contributed by atoms with Gasteiger partial charge in [-0.2, -0.15) is 0 Å². The van der Waals surface area contributed by atoms with E-state index in [0.717, 1.165) is 32.1 Å². The molecule has 2 fully saturated rings. The quantitative estimate of drug-likeness (QED) is 0.111. The minimum atomic E-state index is -1.47. The summed E-state index contributed by atoms with van der Waals surface area (Å²) < 4.78 is 21.6. The summed E-state index contributed by atoms with van der Waals surface area (Å²) in [7, 11) is 0. The van der Waals surface area contributed by atoms with Crippen LogP contribution in [0.25, 0.3) is 0 Å². The molecule has 5 unspecified atom stereocenters. The molecule has 0 aliphatic carbocycles. The number of aliphatic hydroxyl groups excluding tert-OH is 1. The average molecular weight is 499 g/mol. The lowest BCUT2D eigenvalue weighted by Crippen LogP contribution is -2.27. The minimum absolute atomic E-state index is 0.231. The highest BCUT2D eigenvalue weighted by Gasteiger charge is 2.38. The fourth-order valence-electron chi connectivity index (χ4n) is 4.60. The molecule has 2 aliphatic rings. The van der Waals surface area contributed by atoms with E-state index in [0.29, 0.717) is 24.7 Å². The molecule has 204 valence electrons. The van der Waals surface area contributed by atoms with Crippen molar-refractivity contribution in [2.24, 2.45) is 0 Å². The molecule has 0 spiro atoms. The van der Waals surface area contributed by atoms with Crippen LogP contribution in [0.2, 0.25) is 0 Å². The van der Waals surface area contributed by atoms with E-state index in [9.17, 15) is 14.7 Å². The van der Waals surface area contributed by atoms with Crippen LogP contribution in [0.1, 0.15) is 123 Å². The lowest BCUT2D eigenvalue weighted by molar-refractivity contribution is -0.160. The summed E-state index contributed by atoms with van der Waals surface area (Å²) in [4.78, 5) is 23.8. The second kappa shape index (κ2) is 18.1. The summed E-state index contributed by atoms with van der Waals surface area (Å²) in [6.45, 7) is 4.95. The summed E-state index contributed by atoms with van der Waals surface area (Å²) in [5, 5.41) is 9.92. The first-order valence-electron chi connectivity index (χ1n) is 14.4. The molecule has 0 aromatic carbocycles. The third-order valence-electron chi connectivity index (χ3n) is 6.97. The number of esters is 2. The van der Waals surface area contributed by atoms with Gasteiger partial charge in [-0.1, -0.05) is 78.1 Å². The van der Waals surface area contributed by atoms with Gasteiger partial charge in [-0.25, -0.2) is 4.79 Å². The molecule has 0 bridgehead atoms. The zero-order valence-corrected chi connectivity index (χ0v) is 22.2. The lowest BCUT2D eigenvalue weighted by Gasteiger charge is -2.10. The van der Waals surface area contributed by atoms with E-state index in [1.165, 1.54) is 64.2 Å². The SMILES string of the molecule is CCCCCCCC1OC1CCCOC(=O)CC(O)C(=O)OCCCC1OC1CCCCCCC. The van der Waals surface area contributed by atoms with Gasteiger partial charge in [-0.15, -0.1) is 0 Å². The second-order valence-electron chi connectivity index (χ2n) is 10.2. The van der Waals surface area contributed by atoms with Crippen molar-refractivity contribution in [1.82, 2.24) is 0 Å². The van der Waals surface area contributed by atoms with Crippen LogP contribution >= 0.6 is 0 Å². The summed E-state index contributed by atoms with van der Waals surface area (Å²) in [6.07, 6.45) is 17.6. The minimum Gasteiger partial charge on any atom is -0.466 e. The smallest absolute Gasteiger partial charge is 0.335 e. The Morgan fingerprint density at radius 2 is 1.09 bits per heavy atom. The highest BCUT2D eigenvalue weighted by atomic mass is 16.6. The Morgan fingerprint density at radius 3 is 1.57 bits per heavy atom. The maximum atomic E-state index is 11.9. The van der Waals surface area contributed by atoms with Crippen LogP contribution in [-0.2, 0) is 28.5 Å². The molecule has 0 aromatic rings. The third-order valence-corrected chi connectivity index (χ3v) is 6.97. The molecule has 7 heteroatoms. The number of ether oxygens (including phenoxy) is 4. The number of hydrogen-bond acceptors (Lipinski definition) is 7. The number of unbranched alkanes of at least 4 members (excludes halogenated alkanes) is 8. The van der Waals surface area contributed by atoms with Crippen molar-refractivity contribution in [1.29, 1.82) is 0 Å². The molecule has 2 aliphatic heterocycles. The third kappa shape index (κ3) is 14.2. The molecular formula is C28H50O7. The van der Waals surface area contributed by atoms with E-state index in [-0.39, 0.29) is 25.7 Å². The first-order chi connectivity index (χ1) is 17.0. The summed E-state index contributed by atoms with van der Waals surface area (Å²) in [5.41, 5.74) is 0. The number of carbonyl (C=O) groups excluding carboxylic acids is 2. The van der Waals surface area contributed by atoms with Crippen LogP contribution < -0.4 is 0 Å². The zero-order valence-electron chi connectivity index (χ0n) is 22.2. The summed E-state index contributed by atoms with van der Waals surface area (Å²) >= 11 is 0. The molecule has 1 N–H and O–H groups in total. The fourth-order valence-corrected chi connectivity index (χ4v) is 4.60. The molecule has 2 heterocycles. The van der Waals surface area contributed by atoms with Crippen LogP contribution in [0.4, 0.5) is 0 Å². The van der Waals surface area contributed by atoms with Crippen molar-refractivity contribution in [3.8, 4) is 0 Å². The van der Waals surface area contributed by atoms with Gasteiger partial charge in [0.2, 0.25) is 0 Å². The van der Waals surface area contributed by atoms with E-state index in [1.807, 2.05) is 0 Å². The molecule has 35 heavy (non-hydrogen) atoms. The molecule has 0 amide bonds. The highest BCUT2D eigenvalue weighted by molar-refractivity contribution is 5.81. The van der Waals surface area contributed by atoms with E-state index in [2.05, 4.69) is 13.8 Å². The maximum absolute atomic E-state index is 11.9. The standard InChI is InChI=1S/C28H50O7/c1-3-5-7-9-11-15-23-25(34-23)17-13-19-32-27(30)21-22(29)28(31)33-20-14-18-26-24(35-26)16-12-10-8-6-4-2/h22-26,29H,3-21H2,1-2H3. The Bertz CT molecular complexity index is 582. The zero-order chi connectivity index (χ0) is 25.3. The van der Waals surface area contributed by atoms with Crippen LogP contribution in [0.15, 0.2) is 0 Å². The van der Waals surface area contributed by atoms with Gasteiger partial charge >= 0.3 is 11.9 Å². The van der Waals surface area contributed by atoms with Crippen LogP contribution in [0.5, 0.6) is 0 Å². The lowest BCUT2D eigenvalue weighted by atomic mass is 10.1. The van der Waals surface area contributed by atoms with Crippen LogP contribution in [-0.4, -0.2) is 60.8 Å². The Hall–Kier alpha value is -1.18. The van der Waals surface area contributed by atoms with Crippen molar-refractivity contribution in [2.75, 3.05) is 13.2 Å². The number of carbonyl (C=O) groups is 2. The number of aliphatic hydroxyl groups is 1. The summed E-state index contributed by atoms with van der Waals surface area (Å²) in [6, 6.07) is 0. The molecule has 2 rings (SSSR count). The maximum Gasteiger partial charge on any atom is 0.335 e. The number of epoxide rings is 2. The Labute approximate surface area is 212 Å². The van der Waals surface area contributed by atoms with Gasteiger partial charge in [-0.3, -0.25) is 4.79 Å². The van der Waals surface area contributed by atoms with Crippen molar-refractivity contribution in [3.05, 3.63) is 0 Å². The van der Waals surface area contributed by atoms with E-state index in [1.54, 1.807) is 0 Å². The van der Waals surface area contributed by atoms with Crippen molar-refractivity contribution < 1.29 is 33.6 Å². The van der Waals surface area contributed by atoms with Gasteiger partial charge in [0.05, 0.1) is 44.1 Å². The van der Waals surface area contributed by atoms with Crippen LogP contribution in [0, 0.1) is 0 Å². The fraction of sp³-hybridized carbons (Fsp3) is 0.929. The normalized spacial score (nSPS) is 23.6. The van der Waals surface area contributed by atoms with E-state index >= 15 is 0 Å². The molecule has 0 aromatic heterocycles. The molecule has 7 nitrogen and oxygen atoms in total. The first kappa shape index (κ1) is 30.0. The van der Waals surface area contributed by atoms with Gasteiger partial charge in [-0.05, 0) is 38.5 Å². The van der Waals surface area contributed by atoms with Crippen LogP contribution in [0.3, 0.4) is 0 Å². The van der Waals surface area contributed by atoms with Gasteiger partial charge in [0.1, 0.15) is 0 Å². The highest BCUT2D eigenvalue weighted by Crippen LogP contribution is 2.32. The largest absolute Gasteiger partial charge is 0.466 e. The van der Waals surface area contributed by atoms with E-state index in [4.69, 9.17) is 18.9 Å². The number of hydrogen-bond donors (Lipinski definition) is 1. The van der Waals surface area contributed by atoms with Crippen molar-refractivity contribution in [2.45, 2.75) is 154 Å². The van der Waals surface area contributed by atoms with Gasteiger partial charge in [0, 0.05) is 0 Å². The molecule has 5 atom stereocenters. The van der Waals surface area contributed by atoms with Gasteiger partial charge in [0.15, 0.2) is 6.10 Å². The predicted molar refractivity (Wildman–Crippen MR) is 135 cm³/mol. The predicted octanol–water partition coefficient (Wildman–Crippen LogP) is 5.64. The van der Waals surface area contributed by atoms with Gasteiger partial charge in [0.25, 0.3) is 0 Å². The average Bonchev–Trinajstić information content (AvgIpc) is 3.76. The first-order valence-corrected chi connectivity index (χ1v) is 14.4. The Morgan fingerprint density at radius 1 is 0.657 bits per heavy atom. The second-order valence-corrected chi connectivity index (χ2v) is 10.2. The Kier molecular flexibility index (Phi) is 15.6. The topological polar surface area (TPSA) is 97.9 Å². The van der Waals surface area contributed by atoms with Crippen molar-refractivity contribution >= 4 is 11.9 Å². The molecular weight excluding hydrogens is 448 g/mol. The van der Waals surface area contributed by atoms with Gasteiger partial charge < -0.3 is 24.1 Å². The summed E-state index contributed by atoms with van der Waals surface area (Å²) in [5.74, 6) is -1.34.